The average Bonchev–Trinajstić information content (AvgIpc) is 3.04. The Hall–Kier alpha value is -3.07. The summed E-state index contributed by atoms with van der Waals surface area (Å²) in [5, 5.41) is 40.4. The second-order valence-electron chi connectivity index (χ2n) is 7.36. The molecule has 5 rings (SSSR count). The molecular weight excluding hydrogens is 380 g/mol. The van der Waals surface area contributed by atoms with E-state index < -0.39 is 35.9 Å². The molecular formula is C21H18O8. The molecule has 3 aromatic rings. The Morgan fingerprint density at radius 3 is 2.45 bits per heavy atom. The van der Waals surface area contributed by atoms with Crippen LogP contribution >= 0.6 is 0 Å². The molecule has 0 bridgehead atoms. The number of fused-ring (bicyclic) bond motifs is 5. The summed E-state index contributed by atoms with van der Waals surface area (Å²) in [5.74, 6) is 0.217. The molecule has 4 N–H and O–H groups in total. The fourth-order valence-corrected chi connectivity index (χ4v) is 4.00. The normalized spacial score (nSPS) is 28.0. The number of phenols is 2. The number of ether oxygens (including phenoxy) is 2. The van der Waals surface area contributed by atoms with Crippen molar-refractivity contribution in [3.05, 3.63) is 52.2 Å². The molecule has 150 valence electrons. The number of hydrogen-bond acceptors (Lipinski definition) is 8. The summed E-state index contributed by atoms with van der Waals surface area (Å²) in [6.07, 6.45) is -4.69. The lowest BCUT2D eigenvalue weighted by Crippen LogP contribution is -2.53. The van der Waals surface area contributed by atoms with Crippen LogP contribution in [-0.4, -0.2) is 44.8 Å². The Morgan fingerprint density at radius 1 is 1.00 bits per heavy atom. The third-order valence-corrected chi connectivity index (χ3v) is 5.51. The predicted octanol–water partition coefficient (Wildman–Crippen LogP) is 1.81. The first-order valence-electron chi connectivity index (χ1n) is 9.16. The number of hydrogen-bond donors (Lipinski definition) is 4. The highest BCUT2D eigenvalue weighted by Gasteiger charge is 2.51. The molecule has 0 unspecified atom stereocenters. The molecule has 3 heterocycles. The van der Waals surface area contributed by atoms with Crippen LogP contribution in [-0.2, 0) is 4.74 Å². The van der Waals surface area contributed by atoms with Crippen LogP contribution in [0, 0.1) is 0 Å². The first-order chi connectivity index (χ1) is 13.8. The molecule has 0 saturated carbocycles. The molecule has 8 heteroatoms. The summed E-state index contributed by atoms with van der Waals surface area (Å²) in [6, 6.07) is 8.68. The molecule has 1 saturated heterocycles. The fraction of sp³-hybridized carbons (Fsp3) is 0.286. The van der Waals surface area contributed by atoms with Crippen molar-refractivity contribution >= 4 is 11.0 Å². The average molecular weight is 398 g/mol. The first-order valence-corrected chi connectivity index (χ1v) is 9.16. The van der Waals surface area contributed by atoms with Gasteiger partial charge >= 0.3 is 0 Å². The molecule has 0 aliphatic carbocycles. The maximum absolute atomic E-state index is 12.8. The highest BCUT2D eigenvalue weighted by atomic mass is 16.6. The van der Waals surface area contributed by atoms with Gasteiger partial charge in [-0.2, -0.15) is 0 Å². The SMILES string of the molecule is C[C@H]1O[C@H]2c3c(cc(O)c4c(=O)cc(-c5ccc(O)cc5)oc34)O[C@H]2[C@@H](O)[C@@H]1O. The van der Waals surface area contributed by atoms with E-state index in [1.165, 1.54) is 24.3 Å². The highest BCUT2D eigenvalue weighted by Crippen LogP contribution is 2.49. The van der Waals surface area contributed by atoms with E-state index in [4.69, 9.17) is 13.9 Å². The van der Waals surface area contributed by atoms with Crippen molar-refractivity contribution in [2.24, 2.45) is 0 Å². The molecule has 2 aliphatic heterocycles. The van der Waals surface area contributed by atoms with Gasteiger partial charge in [-0.3, -0.25) is 4.79 Å². The van der Waals surface area contributed by atoms with Gasteiger partial charge in [-0.15, -0.1) is 0 Å². The van der Waals surface area contributed by atoms with Crippen LogP contribution < -0.4 is 10.2 Å². The van der Waals surface area contributed by atoms with Gasteiger partial charge in [-0.05, 0) is 31.2 Å². The quantitative estimate of drug-likeness (QED) is 0.488. The lowest BCUT2D eigenvalue weighted by Gasteiger charge is -2.37. The molecule has 2 aliphatic rings. The summed E-state index contributed by atoms with van der Waals surface area (Å²) < 4.78 is 17.6. The Bertz CT molecular complexity index is 1170. The maximum Gasteiger partial charge on any atom is 0.197 e. The first kappa shape index (κ1) is 18.0. The number of phenolic OH excluding ortho intramolecular Hbond substituents is 2. The zero-order valence-electron chi connectivity index (χ0n) is 15.3. The minimum Gasteiger partial charge on any atom is -0.508 e. The van der Waals surface area contributed by atoms with Gasteiger partial charge in [0.25, 0.3) is 0 Å². The number of aliphatic hydroxyl groups excluding tert-OH is 2. The van der Waals surface area contributed by atoms with Crippen molar-refractivity contribution in [2.45, 2.75) is 37.4 Å². The van der Waals surface area contributed by atoms with Crippen LogP contribution in [0.1, 0.15) is 18.6 Å². The number of benzene rings is 2. The zero-order valence-corrected chi connectivity index (χ0v) is 15.3. The minimum absolute atomic E-state index is 0.0209. The third-order valence-electron chi connectivity index (χ3n) is 5.51. The summed E-state index contributed by atoms with van der Waals surface area (Å²) in [7, 11) is 0. The van der Waals surface area contributed by atoms with Gasteiger partial charge in [0.05, 0.1) is 11.7 Å². The van der Waals surface area contributed by atoms with Crippen molar-refractivity contribution in [2.75, 3.05) is 0 Å². The second kappa shape index (κ2) is 6.21. The van der Waals surface area contributed by atoms with Crippen LogP contribution in [0.5, 0.6) is 17.2 Å². The lowest BCUT2D eigenvalue weighted by molar-refractivity contribution is -0.201. The van der Waals surface area contributed by atoms with Crippen LogP contribution in [0.4, 0.5) is 0 Å². The van der Waals surface area contributed by atoms with E-state index in [0.717, 1.165) is 0 Å². The Kier molecular flexibility index (Phi) is 3.86. The van der Waals surface area contributed by atoms with Crippen molar-refractivity contribution in [1.29, 1.82) is 0 Å². The highest BCUT2D eigenvalue weighted by molar-refractivity contribution is 5.90. The van der Waals surface area contributed by atoms with E-state index in [1.54, 1.807) is 19.1 Å². The Morgan fingerprint density at radius 2 is 1.72 bits per heavy atom. The number of rotatable bonds is 1. The van der Waals surface area contributed by atoms with Crippen molar-refractivity contribution in [3.8, 4) is 28.6 Å². The lowest BCUT2D eigenvalue weighted by atomic mass is 9.92. The molecule has 0 radical (unpaired) electrons. The largest absolute Gasteiger partial charge is 0.508 e. The van der Waals surface area contributed by atoms with Crippen LogP contribution in [0.2, 0.25) is 0 Å². The molecule has 0 amide bonds. The van der Waals surface area contributed by atoms with Gasteiger partial charge in [0.2, 0.25) is 0 Å². The van der Waals surface area contributed by atoms with Gasteiger partial charge in [-0.25, -0.2) is 0 Å². The van der Waals surface area contributed by atoms with E-state index in [-0.39, 0.29) is 34.0 Å². The fourth-order valence-electron chi connectivity index (χ4n) is 4.00. The Labute approximate surface area is 164 Å². The van der Waals surface area contributed by atoms with Gasteiger partial charge in [0, 0.05) is 17.7 Å². The molecule has 1 aromatic heterocycles. The standard InChI is InChI=1S/C21H18O8/c1-8-17(25)18(26)21-20(27-8)16-14(29-21)7-12(24)15-11(23)6-13(28-19(15)16)9-2-4-10(22)5-3-9/h2-8,17-18,20-22,24-26H,1H3/t8-,17-,18+,20+,21+/m1/s1. The van der Waals surface area contributed by atoms with Gasteiger partial charge in [0.1, 0.15) is 46.7 Å². The molecule has 0 spiro atoms. The van der Waals surface area contributed by atoms with Crippen molar-refractivity contribution < 1.29 is 34.3 Å². The topological polar surface area (TPSA) is 130 Å². The van der Waals surface area contributed by atoms with E-state index in [0.29, 0.717) is 11.1 Å². The van der Waals surface area contributed by atoms with Crippen molar-refractivity contribution in [1.82, 2.24) is 0 Å². The third kappa shape index (κ3) is 2.61. The summed E-state index contributed by atoms with van der Waals surface area (Å²) >= 11 is 0. The molecule has 8 nitrogen and oxygen atoms in total. The van der Waals surface area contributed by atoms with E-state index in [2.05, 4.69) is 0 Å². The second-order valence-corrected chi connectivity index (χ2v) is 7.36. The molecule has 29 heavy (non-hydrogen) atoms. The Balaban J connectivity index is 1.74. The van der Waals surface area contributed by atoms with Gasteiger partial charge in [0.15, 0.2) is 17.1 Å². The van der Waals surface area contributed by atoms with Crippen molar-refractivity contribution in [3.63, 3.8) is 0 Å². The van der Waals surface area contributed by atoms with Gasteiger partial charge < -0.3 is 34.3 Å². The van der Waals surface area contributed by atoms with Crippen LogP contribution in [0.25, 0.3) is 22.3 Å². The molecule has 1 fully saturated rings. The number of aliphatic hydroxyl groups is 2. The van der Waals surface area contributed by atoms with E-state index >= 15 is 0 Å². The number of aromatic hydroxyl groups is 2. The monoisotopic (exact) mass is 398 g/mol. The summed E-state index contributed by atoms with van der Waals surface area (Å²) in [6.45, 7) is 1.63. The van der Waals surface area contributed by atoms with Gasteiger partial charge in [-0.1, -0.05) is 0 Å². The summed E-state index contributed by atoms with van der Waals surface area (Å²) in [4.78, 5) is 12.8. The van der Waals surface area contributed by atoms with E-state index in [1.807, 2.05) is 0 Å². The summed E-state index contributed by atoms with van der Waals surface area (Å²) in [5.41, 5.74) is 0.599. The zero-order chi connectivity index (χ0) is 20.4. The smallest absolute Gasteiger partial charge is 0.197 e. The minimum atomic E-state index is -1.21. The molecule has 2 aromatic carbocycles. The van der Waals surface area contributed by atoms with Crippen LogP contribution in [0.3, 0.4) is 0 Å². The molecule has 5 atom stereocenters. The van der Waals surface area contributed by atoms with E-state index in [9.17, 15) is 25.2 Å². The predicted molar refractivity (Wildman–Crippen MR) is 101 cm³/mol. The maximum atomic E-state index is 12.8. The van der Waals surface area contributed by atoms with Crippen LogP contribution in [0.15, 0.2) is 45.6 Å².